The molecule has 176 valence electrons. The van der Waals surface area contributed by atoms with Crippen LogP contribution in [0.25, 0.3) is 5.69 Å². The van der Waals surface area contributed by atoms with Crippen LogP contribution in [-0.2, 0) is 20.9 Å². The predicted octanol–water partition coefficient (Wildman–Crippen LogP) is 0.279. The molecular weight excluding hydrogens is 440 g/mol. The average molecular weight is 464 g/mol. The van der Waals surface area contributed by atoms with Crippen LogP contribution in [0.3, 0.4) is 0 Å². The van der Waals surface area contributed by atoms with Gasteiger partial charge in [0.15, 0.2) is 5.69 Å². The van der Waals surface area contributed by atoms with Crippen molar-refractivity contribution >= 4 is 23.6 Å². The highest BCUT2D eigenvalue weighted by atomic mass is 16.5. The van der Waals surface area contributed by atoms with Crippen molar-refractivity contribution in [2.24, 2.45) is 5.41 Å². The molecule has 3 saturated heterocycles. The van der Waals surface area contributed by atoms with Crippen molar-refractivity contribution in [2.75, 3.05) is 19.7 Å². The van der Waals surface area contributed by atoms with Gasteiger partial charge in [-0.2, -0.15) is 0 Å². The van der Waals surface area contributed by atoms with Crippen LogP contribution in [-0.4, -0.2) is 80.3 Å². The molecule has 1 aromatic heterocycles. The van der Waals surface area contributed by atoms with E-state index < -0.39 is 11.9 Å². The fraction of sp³-hybridized carbons (Fsp3) is 0.478. The van der Waals surface area contributed by atoms with Gasteiger partial charge in [0.05, 0.1) is 24.6 Å². The van der Waals surface area contributed by atoms with Crippen molar-refractivity contribution in [3.05, 3.63) is 41.2 Å². The Hall–Kier alpha value is -3.60. The second-order valence-corrected chi connectivity index (χ2v) is 9.78. The van der Waals surface area contributed by atoms with Gasteiger partial charge in [-0.05, 0) is 43.5 Å². The Morgan fingerprint density at radius 2 is 2.06 bits per heavy atom. The summed E-state index contributed by atoms with van der Waals surface area (Å²) in [4.78, 5) is 52.7. The van der Waals surface area contributed by atoms with Gasteiger partial charge >= 0.3 is 0 Å². The molecule has 1 spiro atoms. The lowest BCUT2D eigenvalue weighted by molar-refractivity contribution is -0.136. The van der Waals surface area contributed by atoms with E-state index in [0.29, 0.717) is 37.4 Å². The number of carbonyl (C=O) groups excluding carboxylic acids is 4. The number of nitrogens with one attached hydrogen (secondary N) is 1. The van der Waals surface area contributed by atoms with Crippen LogP contribution in [0.5, 0.6) is 0 Å². The van der Waals surface area contributed by atoms with E-state index in [-0.39, 0.29) is 47.9 Å². The Balaban J connectivity index is 1.16. The lowest BCUT2D eigenvalue weighted by Crippen LogP contribution is -2.59. The van der Waals surface area contributed by atoms with Crippen molar-refractivity contribution in [3.63, 3.8) is 0 Å². The van der Waals surface area contributed by atoms with Gasteiger partial charge in [0, 0.05) is 37.0 Å². The molecular formula is C23H24N6O5. The molecule has 2 unspecified atom stereocenters. The summed E-state index contributed by atoms with van der Waals surface area (Å²) in [5.74, 6) is -1.15. The Morgan fingerprint density at radius 1 is 1.24 bits per heavy atom. The zero-order valence-corrected chi connectivity index (χ0v) is 18.7. The van der Waals surface area contributed by atoms with Gasteiger partial charge in [0.1, 0.15) is 6.04 Å². The molecule has 1 N–H and O–H groups in total. The second kappa shape index (κ2) is 7.45. The highest BCUT2D eigenvalue weighted by Gasteiger charge is 2.50. The number of rotatable bonds is 3. The Morgan fingerprint density at radius 3 is 2.79 bits per heavy atom. The number of aromatic nitrogens is 3. The fourth-order valence-electron chi connectivity index (χ4n) is 5.53. The second-order valence-electron chi connectivity index (χ2n) is 9.78. The number of ether oxygens (including phenoxy) is 1. The van der Waals surface area contributed by atoms with Crippen molar-refractivity contribution in [2.45, 2.75) is 44.9 Å². The van der Waals surface area contributed by atoms with E-state index in [2.05, 4.69) is 22.6 Å². The molecule has 1 aromatic carbocycles. The SMILES string of the molecule is CC1CC2(CO1)CN(C(=O)c1cn(-c3ccc4c(c3)CN(C3CCC(=O)NC3=O)C4=O)nn1)C2. The number of hydrogen-bond donors (Lipinski definition) is 1. The molecule has 34 heavy (non-hydrogen) atoms. The number of likely N-dealkylation sites (tertiary alicyclic amines) is 1. The van der Waals surface area contributed by atoms with Gasteiger partial charge in [-0.25, -0.2) is 4.68 Å². The Labute approximate surface area is 195 Å². The van der Waals surface area contributed by atoms with Gasteiger partial charge < -0.3 is 14.5 Å². The number of benzene rings is 1. The first-order valence-electron chi connectivity index (χ1n) is 11.4. The van der Waals surface area contributed by atoms with Gasteiger partial charge in [-0.3, -0.25) is 24.5 Å². The van der Waals surface area contributed by atoms with Crippen molar-refractivity contribution in [1.82, 2.24) is 30.1 Å². The van der Waals surface area contributed by atoms with Crippen LogP contribution in [0, 0.1) is 5.41 Å². The Bertz CT molecular complexity index is 1230. The summed E-state index contributed by atoms with van der Waals surface area (Å²) in [5.41, 5.74) is 2.29. The standard InChI is InChI=1S/C23H24N6O5/c1-13-7-23(12-34-13)10-27(11-23)22(33)17-9-29(26-25-17)15-2-3-16-14(6-15)8-28(21(16)32)18-4-5-19(30)24-20(18)31/h2-3,6,9,13,18H,4-5,7-8,10-12H2,1H3,(H,24,30,31). The summed E-state index contributed by atoms with van der Waals surface area (Å²) < 4.78 is 7.19. The van der Waals surface area contributed by atoms with E-state index in [1.807, 2.05) is 6.07 Å². The smallest absolute Gasteiger partial charge is 0.276 e. The van der Waals surface area contributed by atoms with Crippen LogP contribution in [0.4, 0.5) is 0 Å². The topological polar surface area (TPSA) is 127 Å². The fourth-order valence-corrected chi connectivity index (χ4v) is 5.53. The number of imide groups is 1. The van der Waals surface area contributed by atoms with Crippen LogP contribution >= 0.6 is 0 Å². The predicted molar refractivity (Wildman–Crippen MR) is 116 cm³/mol. The summed E-state index contributed by atoms with van der Waals surface area (Å²) in [5, 5.41) is 10.5. The lowest BCUT2D eigenvalue weighted by Gasteiger charge is -2.46. The van der Waals surface area contributed by atoms with Gasteiger partial charge in [-0.15, -0.1) is 5.10 Å². The zero-order chi connectivity index (χ0) is 23.6. The number of piperidine rings is 1. The van der Waals surface area contributed by atoms with Crippen molar-refractivity contribution < 1.29 is 23.9 Å². The first kappa shape index (κ1) is 21.0. The highest BCUT2D eigenvalue weighted by molar-refractivity contribution is 6.05. The summed E-state index contributed by atoms with van der Waals surface area (Å²) in [6.45, 7) is 4.35. The molecule has 11 nitrogen and oxygen atoms in total. The van der Waals surface area contributed by atoms with Crippen LogP contribution in [0.2, 0.25) is 0 Å². The first-order chi connectivity index (χ1) is 16.3. The molecule has 5 heterocycles. The number of hydrogen-bond acceptors (Lipinski definition) is 7. The van der Waals surface area contributed by atoms with Crippen molar-refractivity contribution in [3.8, 4) is 5.69 Å². The zero-order valence-electron chi connectivity index (χ0n) is 18.7. The van der Waals surface area contributed by atoms with Crippen LogP contribution in [0.15, 0.2) is 24.4 Å². The Kier molecular flexibility index (Phi) is 4.60. The van der Waals surface area contributed by atoms with Gasteiger partial charge in [-0.1, -0.05) is 5.21 Å². The number of carbonyl (C=O) groups is 4. The minimum absolute atomic E-state index is 0.0754. The average Bonchev–Trinajstić information content (AvgIpc) is 3.50. The maximum absolute atomic E-state index is 12.9. The lowest BCUT2D eigenvalue weighted by atomic mass is 9.78. The summed E-state index contributed by atoms with van der Waals surface area (Å²) in [6, 6.07) is 4.59. The molecule has 4 amide bonds. The first-order valence-corrected chi connectivity index (χ1v) is 11.4. The van der Waals surface area contributed by atoms with E-state index >= 15 is 0 Å². The molecule has 6 rings (SSSR count). The summed E-state index contributed by atoms with van der Waals surface area (Å²) in [6.07, 6.45) is 3.32. The molecule has 4 aliphatic rings. The molecule has 0 radical (unpaired) electrons. The molecule has 2 aromatic rings. The molecule has 3 fully saturated rings. The molecule has 4 aliphatic heterocycles. The third-order valence-corrected chi connectivity index (χ3v) is 7.22. The van der Waals surface area contributed by atoms with Crippen LogP contribution in [0.1, 0.15) is 52.6 Å². The van der Waals surface area contributed by atoms with Crippen molar-refractivity contribution in [1.29, 1.82) is 0 Å². The monoisotopic (exact) mass is 464 g/mol. The minimum atomic E-state index is -0.662. The van der Waals surface area contributed by atoms with E-state index in [9.17, 15) is 19.2 Å². The number of fused-ring (bicyclic) bond motifs is 1. The van der Waals surface area contributed by atoms with E-state index in [4.69, 9.17) is 4.74 Å². The minimum Gasteiger partial charge on any atom is -0.378 e. The molecule has 11 heteroatoms. The van der Waals surface area contributed by atoms with Crippen LogP contribution < -0.4 is 5.32 Å². The van der Waals surface area contributed by atoms with E-state index in [1.54, 1.807) is 23.2 Å². The molecule has 2 atom stereocenters. The van der Waals surface area contributed by atoms with E-state index in [0.717, 1.165) is 12.0 Å². The molecule has 0 bridgehead atoms. The normalized spacial score (nSPS) is 25.5. The maximum atomic E-state index is 12.9. The molecule has 0 saturated carbocycles. The summed E-state index contributed by atoms with van der Waals surface area (Å²) in [7, 11) is 0. The van der Waals surface area contributed by atoms with E-state index in [1.165, 1.54) is 9.58 Å². The third kappa shape index (κ3) is 3.30. The molecule has 0 aliphatic carbocycles. The largest absolute Gasteiger partial charge is 0.378 e. The number of amides is 4. The van der Waals surface area contributed by atoms with Gasteiger partial charge in [0.25, 0.3) is 11.8 Å². The maximum Gasteiger partial charge on any atom is 0.276 e. The quantitative estimate of drug-likeness (QED) is 0.647. The highest BCUT2D eigenvalue weighted by Crippen LogP contribution is 2.41. The summed E-state index contributed by atoms with van der Waals surface area (Å²) >= 11 is 0. The number of nitrogens with zero attached hydrogens (tertiary/aromatic N) is 5. The van der Waals surface area contributed by atoms with Gasteiger partial charge in [0.2, 0.25) is 11.8 Å². The third-order valence-electron chi connectivity index (χ3n) is 7.22.